The van der Waals surface area contributed by atoms with Gasteiger partial charge in [-0.15, -0.1) is 0 Å². The minimum atomic E-state index is 0.0662. The Hall–Kier alpha value is -1.63. The van der Waals surface area contributed by atoms with E-state index in [-0.39, 0.29) is 6.61 Å². The first-order valence-corrected chi connectivity index (χ1v) is 5.38. The minimum Gasteiger partial charge on any atom is -0.395 e. The van der Waals surface area contributed by atoms with E-state index in [1.54, 1.807) is 4.90 Å². The number of nitrogens with zero attached hydrogens (tertiary/aromatic N) is 6. The Bertz CT molecular complexity index is 342. The quantitative estimate of drug-likeness (QED) is 0.739. The smallest absolute Gasteiger partial charge is 0.231 e. The molecule has 96 valence electrons. The fourth-order valence-electron chi connectivity index (χ4n) is 1.16. The molecule has 1 aromatic rings. The molecule has 1 aromatic heterocycles. The van der Waals surface area contributed by atoms with Gasteiger partial charge < -0.3 is 19.8 Å². The number of aromatic nitrogens is 3. The van der Waals surface area contributed by atoms with Crippen molar-refractivity contribution in [2.75, 3.05) is 63.1 Å². The van der Waals surface area contributed by atoms with Crippen LogP contribution in [0.2, 0.25) is 0 Å². The lowest BCUT2D eigenvalue weighted by Gasteiger charge is -2.20. The Balaban J connectivity index is 3.12. The van der Waals surface area contributed by atoms with Gasteiger partial charge >= 0.3 is 0 Å². The second kappa shape index (κ2) is 5.62. The molecule has 0 aromatic carbocycles. The highest BCUT2D eigenvalue weighted by Crippen LogP contribution is 2.15. The van der Waals surface area contributed by atoms with Crippen molar-refractivity contribution >= 4 is 17.8 Å². The van der Waals surface area contributed by atoms with Crippen molar-refractivity contribution in [1.82, 2.24) is 15.0 Å². The van der Waals surface area contributed by atoms with Gasteiger partial charge in [-0.25, -0.2) is 0 Å². The SMILES string of the molecule is CN(C)c1nc(N(C)C)nc(N(C)CCO)n1. The highest BCUT2D eigenvalue weighted by Gasteiger charge is 2.12. The maximum Gasteiger partial charge on any atom is 0.231 e. The van der Waals surface area contributed by atoms with Crippen molar-refractivity contribution in [2.45, 2.75) is 0 Å². The summed E-state index contributed by atoms with van der Waals surface area (Å²) in [5.41, 5.74) is 0. The fraction of sp³-hybridized carbons (Fsp3) is 0.700. The molecule has 0 bridgehead atoms. The van der Waals surface area contributed by atoms with Gasteiger partial charge in [0.25, 0.3) is 0 Å². The van der Waals surface area contributed by atoms with Crippen molar-refractivity contribution in [3.63, 3.8) is 0 Å². The molecule has 0 spiro atoms. The van der Waals surface area contributed by atoms with Crippen molar-refractivity contribution in [2.24, 2.45) is 0 Å². The third kappa shape index (κ3) is 3.42. The molecule has 1 rings (SSSR count). The summed E-state index contributed by atoms with van der Waals surface area (Å²) in [6, 6.07) is 0. The van der Waals surface area contributed by atoms with Gasteiger partial charge in [-0.3, -0.25) is 0 Å². The van der Waals surface area contributed by atoms with E-state index in [0.717, 1.165) is 0 Å². The van der Waals surface area contributed by atoms with E-state index in [1.165, 1.54) is 0 Å². The van der Waals surface area contributed by atoms with Gasteiger partial charge in [0.15, 0.2) is 0 Å². The topological polar surface area (TPSA) is 68.6 Å². The Morgan fingerprint density at radius 1 is 0.824 bits per heavy atom. The summed E-state index contributed by atoms with van der Waals surface area (Å²) < 4.78 is 0. The van der Waals surface area contributed by atoms with Crippen LogP contribution in [0.4, 0.5) is 17.8 Å². The van der Waals surface area contributed by atoms with E-state index in [2.05, 4.69) is 15.0 Å². The third-order valence-electron chi connectivity index (χ3n) is 2.18. The molecule has 7 nitrogen and oxygen atoms in total. The molecule has 0 aliphatic heterocycles. The molecule has 0 aliphatic carbocycles. The second-order valence-electron chi connectivity index (χ2n) is 4.17. The monoisotopic (exact) mass is 240 g/mol. The van der Waals surface area contributed by atoms with Crippen LogP contribution in [-0.4, -0.2) is 68.4 Å². The molecule has 0 fully saturated rings. The zero-order valence-corrected chi connectivity index (χ0v) is 11.0. The van der Waals surface area contributed by atoms with Crippen LogP contribution in [0.5, 0.6) is 0 Å². The van der Waals surface area contributed by atoms with Gasteiger partial charge in [-0.1, -0.05) is 0 Å². The van der Waals surface area contributed by atoms with Crippen LogP contribution >= 0.6 is 0 Å². The summed E-state index contributed by atoms with van der Waals surface area (Å²) in [4.78, 5) is 18.4. The molecule has 1 N–H and O–H groups in total. The van der Waals surface area contributed by atoms with Crippen LogP contribution in [0, 0.1) is 0 Å². The molecular weight excluding hydrogens is 220 g/mol. The van der Waals surface area contributed by atoms with Gasteiger partial charge in [-0.2, -0.15) is 15.0 Å². The van der Waals surface area contributed by atoms with Crippen LogP contribution in [0.3, 0.4) is 0 Å². The Labute approximate surface area is 102 Å². The van der Waals surface area contributed by atoms with Crippen molar-refractivity contribution < 1.29 is 5.11 Å². The molecular formula is C10H20N6O. The van der Waals surface area contributed by atoms with Crippen molar-refractivity contribution in [3.8, 4) is 0 Å². The molecule has 0 unspecified atom stereocenters. The number of hydrogen-bond donors (Lipinski definition) is 1. The van der Waals surface area contributed by atoms with E-state index in [0.29, 0.717) is 24.4 Å². The lowest BCUT2D eigenvalue weighted by atomic mass is 10.6. The second-order valence-corrected chi connectivity index (χ2v) is 4.17. The highest BCUT2D eigenvalue weighted by molar-refractivity contribution is 5.44. The van der Waals surface area contributed by atoms with Crippen LogP contribution in [0.1, 0.15) is 0 Å². The Morgan fingerprint density at radius 3 is 1.59 bits per heavy atom. The molecule has 0 radical (unpaired) electrons. The van der Waals surface area contributed by atoms with Gasteiger partial charge in [0.1, 0.15) is 0 Å². The van der Waals surface area contributed by atoms with E-state index in [1.807, 2.05) is 45.0 Å². The highest BCUT2D eigenvalue weighted by atomic mass is 16.3. The molecule has 1 heterocycles. The summed E-state index contributed by atoms with van der Waals surface area (Å²) >= 11 is 0. The van der Waals surface area contributed by atoms with Crippen LogP contribution < -0.4 is 14.7 Å². The first-order chi connectivity index (χ1) is 7.95. The summed E-state index contributed by atoms with van der Waals surface area (Å²) in [5, 5.41) is 8.92. The molecule has 0 amide bonds. The summed E-state index contributed by atoms with van der Waals surface area (Å²) in [7, 11) is 9.36. The molecule has 7 heteroatoms. The van der Waals surface area contributed by atoms with Crippen molar-refractivity contribution in [3.05, 3.63) is 0 Å². The van der Waals surface area contributed by atoms with Crippen LogP contribution in [0.25, 0.3) is 0 Å². The number of rotatable bonds is 5. The molecule has 0 aliphatic rings. The Morgan fingerprint density at radius 2 is 1.24 bits per heavy atom. The summed E-state index contributed by atoms with van der Waals surface area (Å²) in [6.07, 6.45) is 0. The number of anilines is 3. The van der Waals surface area contributed by atoms with Gasteiger partial charge in [0.05, 0.1) is 6.61 Å². The average molecular weight is 240 g/mol. The van der Waals surface area contributed by atoms with Crippen LogP contribution in [0.15, 0.2) is 0 Å². The summed E-state index contributed by atoms with van der Waals surface area (Å²) in [6.45, 7) is 0.556. The van der Waals surface area contributed by atoms with Gasteiger partial charge in [0, 0.05) is 41.8 Å². The average Bonchev–Trinajstić information content (AvgIpc) is 2.28. The first-order valence-electron chi connectivity index (χ1n) is 5.38. The predicted molar refractivity (Wildman–Crippen MR) is 68.8 cm³/mol. The Kier molecular flexibility index (Phi) is 4.45. The minimum absolute atomic E-state index is 0.0662. The molecule has 0 saturated carbocycles. The predicted octanol–water partition coefficient (Wildman–Crippen LogP) is -0.568. The van der Waals surface area contributed by atoms with E-state index in [9.17, 15) is 0 Å². The zero-order valence-electron chi connectivity index (χ0n) is 11.0. The molecule has 0 atom stereocenters. The zero-order chi connectivity index (χ0) is 13.0. The van der Waals surface area contributed by atoms with E-state index >= 15 is 0 Å². The lowest BCUT2D eigenvalue weighted by molar-refractivity contribution is 0.303. The normalized spacial score (nSPS) is 10.2. The number of aliphatic hydroxyl groups excluding tert-OH is 1. The number of hydrogen-bond acceptors (Lipinski definition) is 7. The fourth-order valence-corrected chi connectivity index (χ4v) is 1.16. The summed E-state index contributed by atoms with van der Waals surface area (Å²) in [5.74, 6) is 1.76. The maximum absolute atomic E-state index is 8.92. The molecule has 17 heavy (non-hydrogen) atoms. The third-order valence-corrected chi connectivity index (χ3v) is 2.18. The number of likely N-dealkylation sites (N-methyl/N-ethyl adjacent to an activating group) is 1. The van der Waals surface area contributed by atoms with E-state index in [4.69, 9.17) is 5.11 Å². The van der Waals surface area contributed by atoms with E-state index < -0.39 is 0 Å². The largest absolute Gasteiger partial charge is 0.395 e. The lowest BCUT2D eigenvalue weighted by Crippen LogP contribution is -2.26. The first kappa shape index (κ1) is 13.4. The van der Waals surface area contributed by atoms with Crippen LogP contribution in [-0.2, 0) is 0 Å². The van der Waals surface area contributed by atoms with Gasteiger partial charge in [0.2, 0.25) is 17.8 Å². The molecule has 0 saturated heterocycles. The maximum atomic E-state index is 8.92. The number of aliphatic hydroxyl groups is 1. The van der Waals surface area contributed by atoms with Crippen molar-refractivity contribution in [1.29, 1.82) is 0 Å². The van der Waals surface area contributed by atoms with Gasteiger partial charge in [-0.05, 0) is 0 Å². The standard InChI is InChI=1S/C10H20N6O/c1-14(2)8-11-9(15(3)4)13-10(12-8)16(5)6-7-17/h17H,6-7H2,1-5H3.